The van der Waals surface area contributed by atoms with Crippen LogP contribution in [0.25, 0.3) is 22.1 Å². The van der Waals surface area contributed by atoms with E-state index in [9.17, 15) is 0 Å². The molecule has 0 aliphatic rings. The molecule has 144 valence electrons. The van der Waals surface area contributed by atoms with Crippen LogP contribution in [0.15, 0.2) is 72.8 Å². The summed E-state index contributed by atoms with van der Waals surface area (Å²) in [5.74, 6) is 1.46. The summed E-state index contributed by atoms with van der Waals surface area (Å²) in [5.41, 5.74) is 6.23. The molecule has 5 heteroatoms. The number of para-hydroxylation sites is 4. The molecule has 2 N–H and O–H groups in total. The fourth-order valence-electron chi connectivity index (χ4n) is 3.55. The summed E-state index contributed by atoms with van der Waals surface area (Å²) in [4.78, 5) is 18.5. The number of aromatic amines is 2. The van der Waals surface area contributed by atoms with E-state index >= 15 is 0 Å². The van der Waals surface area contributed by atoms with Crippen LogP contribution in [0, 0.1) is 0 Å². The summed E-state index contributed by atoms with van der Waals surface area (Å²) in [6.07, 6.45) is 0. The smallest absolute Gasteiger partial charge is 0.215 e. The van der Waals surface area contributed by atoms with Crippen molar-refractivity contribution in [2.45, 2.75) is 26.2 Å². The molecule has 0 unspecified atom stereocenters. The lowest BCUT2D eigenvalue weighted by molar-refractivity contribution is 0.590. The number of H-pyrrole nitrogens is 2. The number of anilines is 3. The Kier molecular flexibility index (Phi) is 3.91. The topological polar surface area (TPSA) is 60.6 Å². The van der Waals surface area contributed by atoms with Crippen molar-refractivity contribution >= 4 is 39.7 Å². The second kappa shape index (κ2) is 6.48. The van der Waals surface area contributed by atoms with Crippen LogP contribution in [-0.4, -0.2) is 19.9 Å². The van der Waals surface area contributed by atoms with Crippen molar-refractivity contribution in [3.63, 3.8) is 0 Å². The fourth-order valence-corrected chi connectivity index (χ4v) is 3.55. The molecular weight excluding hydrogens is 358 g/mol. The number of imidazole rings is 2. The Balaban J connectivity index is 1.68. The normalized spacial score (nSPS) is 12.0. The Labute approximate surface area is 169 Å². The van der Waals surface area contributed by atoms with Crippen LogP contribution in [0.2, 0.25) is 0 Å². The zero-order chi connectivity index (χ0) is 20.0. The van der Waals surface area contributed by atoms with E-state index in [0.29, 0.717) is 0 Å². The molecular formula is C24H23N5. The van der Waals surface area contributed by atoms with E-state index in [1.54, 1.807) is 0 Å². The van der Waals surface area contributed by atoms with Gasteiger partial charge in [0.25, 0.3) is 0 Å². The van der Waals surface area contributed by atoms with Crippen LogP contribution in [0.4, 0.5) is 17.6 Å². The quantitative estimate of drug-likeness (QED) is 0.391. The molecule has 0 atom stereocenters. The zero-order valence-corrected chi connectivity index (χ0v) is 16.8. The van der Waals surface area contributed by atoms with Crippen LogP contribution in [-0.2, 0) is 5.41 Å². The highest BCUT2D eigenvalue weighted by molar-refractivity contribution is 5.84. The van der Waals surface area contributed by atoms with Gasteiger partial charge in [-0.3, -0.25) is 0 Å². The number of nitrogens with one attached hydrogen (secondary N) is 2. The monoisotopic (exact) mass is 381 g/mol. The van der Waals surface area contributed by atoms with Gasteiger partial charge in [-0.15, -0.1) is 0 Å². The number of aromatic nitrogens is 4. The van der Waals surface area contributed by atoms with Crippen molar-refractivity contribution in [2.24, 2.45) is 0 Å². The van der Waals surface area contributed by atoms with Crippen LogP contribution in [0.5, 0.6) is 0 Å². The fraction of sp³-hybridized carbons (Fsp3) is 0.167. The van der Waals surface area contributed by atoms with Crippen LogP contribution in [0.1, 0.15) is 26.3 Å². The maximum atomic E-state index is 4.82. The highest BCUT2D eigenvalue weighted by atomic mass is 15.3. The highest BCUT2D eigenvalue weighted by Gasteiger charge is 2.21. The minimum atomic E-state index is 0.0993. The Morgan fingerprint density at radius 3 is 1.59 bits per heavy atom. The van der Waals surface area contributed by atoms with Gasteiger partial charge in [-0.25, -0.2) is 14.9 Å². The summed E-state index contributed by atoms with van der Waals surface area (Å²) < 4.78 is 0. The predicted octanol–water partition coefficient (Wildman–Crippen LogP) is 6.21. The largest absolute Gasteiger partial charge is 0.323 e. The van der Waals surface area contributed by atoms with Gasteiger partial charge in [0.15, 0.2) is 0 Å². The third kappa shape index (κ3) is 3.14. The number of fused-ring (bicyclic) bond motifs is 2. The van der Waals surface area contributed by atoms with Crippen LogP contribution < -0.4 is 4.90 Å². The van der Waals surface area contributed by atoms with Gasteiger partial charge in [0.1, 0.15) is 0 Å². The molecule has 0 aliphatic carbocycles. The van der Waals surface area contributed by atoms with E-state index in [1.165, 1.54) is 5.56 Å². The van der Waals surface area contributed by atoms with Crippen LogP contribution in [0.3, 0.4) is 0 Å². The second-order valence-corrected chi connectivity index (χ2v) is 8.29. The maximum Gasteiger partial charge on any atom is 0.215 e. The summed E-state index contributed by atoms with van der Waals surface area (Å²) in [6.45, 7) is 6.66. The molecule has 29 heavy (non-hydrogen) atoms. The Hall–Kier alpha value is -3.60. The first-order valence-corrected chi connectivity index (χ1v) is 9.79. The first kappa shape index (κ1) is 17.5. The minimum Gasteiger partial charge on any atom is -0.323 e. The third-order valence-corrected chi connectivity index (χ3v) is 5.17. The molecule has 0 aliphatic heterocycles. The standard InChI is InChI=1S/C24H23N5/c1-24(2,3)16-12-14-17(15-13-16)29(22-25-18-8-4-5-9-19(18)26-22)23-27-20-10-6-7-11-21(20)28-23/h4-15H,1-3H3,(H,25,26)(H,27,28). The highest BCUT2D eigenvalue weighted by Crippen LogP contribution is 2.34. The van der Waals surface area contributed by atoms with Gasteiger partial charge in [-0.2, -0.15) is 0 Å². The summed E-state index contributed by atoms with van der Waals surface area (Å²) >= 11 is 0. The van der Waals surface area contributed by atoms with Crippen molar-refractivity contribution in [3.05, 3.63) is 78.4 Å². The van der Waals surface area contributed by atoms with Gasteiger partial charge in [0.2, 0.25) is 11.9 Å². The molecule has 0 saturated carbocycles. The van der Waals surface area contributed by atoms with E-state index < -0.39 is 0 Å². The summed E-state index contributed by atoms with van der Waals surface area (Å²) in [6, 6.07) is 24.7. The molecule has 0 saturated heterocycles. The number of nitrogens with zero attached hydrogens (tertiary/aromatic N) is 3. The number of hydrogen-bond donors (Lipinski definition) is 2. The Morgan fingerprint density at radius 1 is 0.655 bits per heavy atom. The molecule has 5 nitrogen and oxygen atoms in total. The van der Waals surface area contributed by atoms with Crippen molar-refractivity contribution in [2.75, 3.05) is 4.90 Å². The van der Waals surface area contributed by atoms with Gasteiger partial charge in [-0.1, -0.05) is 57.2 Å². The number of benzene rings is 3. The minimum absolute atomic E-state index is 0.0993. The lowest BCUT2D eigenvalue weighted by Gasteiger charge is -2.22. The lowest BCUT2D eigenvalue weighted by atomic mass is 9.87. The van der Waals surface area contributed by atoms with Crippen molar-refractivity contribution in [3.8, 4) is 0 Å². The first-order chi connectivity index (χ1) is 14.0. The molecule has 0 radical (unpaired) electrons. The molecule has 2 heterocycles. The van der Waals surface area contributed by atoms with Gasteiger partial charge < -0.3 is 9.97 Å². The molecule has 2 aromatic heterocycles. The molecule has 0 spiro atoms. The lowest BCUT2D eigenvalue weighted by Crippen LogP contribution is -2.15. The average Bonchev–Trinajstić information content (AvgIpc) is 3.31. The van der Waals surface area contributed by atoms with E-state index in [1.807, 2.05) is 53.4 Å². The van der Waals surface area contributed by atoms with Gasteiger partial charge in [0.05, 0.1) is 27.8 Å². The van der Waals surface area contributed by atoms with E-state index in [0.717, 1.165) is 39.7 Å². The number of hydrogen-bond acceptors (Lipinski definition) is 3. The molecule has 0 amide bonds. The second-order valence-electron chi connectivity index (χ2n) is 8.29. The average molecular weight is 381 g/mol. The summed E-state index contributed by atoms with van der Waals surface area (Å²) in [7, 11) is 0. The van der Waals surface area contributed by atoms with Crippen LogP contribution >= 0.6 is 0 Å². The SMILES string of the molecule is CC(C)(C)c1ccc(N(c2nc3ccccc3[nH]2)c2nc3ccccc3[nH]2)cc1. The third-order valence-electron chi connectivity index (χ3n) is 5.17. The molecule has 5 rings (SSSR count). The van der Waals surface area contributed by atoms with Gasteiger partial charge in [0, 0.05) is 0 Å². The van der Waals surface area contributed by atoms with Gasteiger partial charge >= 0.3 is 0 Å². The summed E-state index contributed by atoms with van der Waals surface area (Å²) in [5, 5.41) is 0. The molecule has 3 aromatic carbocycles. The first-order valence-electron chi connectivity index (χ1n) is 9.79. The predicted molar refractivity (Wildman–Crippen MR) is 119 cm³/mol. The van der Waals surface area contributed by atoms with Crippen molar-refractivity contribution in [1.29, 1.82) is 0 Å². The molecule has 5 aromatic rings. The van der Waals surface area contributed by atoms with Gasteiger partial charge in [-0.05, 0) is 47.4 Å². The van der Waals surface area contributed by atoms with E-state index in [-0.39, 0.29) is 5.41 Å². The van der Waals surface area contributed by atoms with Crippen molar-refractivity contribution in [1.82, 2.24) is 19.9 Å². The van der Waals surface area contributed by atoms with E-state index in [2.05, 4.69) is 55.0 Å². The zero-order valence-electron chi connectivity index (χ0n) is 16.8. The van der Waals surface area contributed by atoms with E-state index in [4.69, 9.17) is 9.97 Å². The number of rotatable bonds is 3. The van der Waals surface area contributed by atoms with Crippen molar-refractivity contribution < 1.29 is 0 Å². The molecule has 0 bridgehead atoms. The Bertz CT molecular complexity index is 1150. The molecule has 0 fully saturated rings. The maximum absolute atomic E-state index is 4.82. The Morgan fingerprint density at radius 2 is 1.14 bits per heavy atom.